The highest BCUT2D eigenvalue weighted by Gasteiger charge is 2.21. The largest absolute Gasteiger partial charge is 0.507 e. The van der Waals surface area contributed by atoms with E-state index in [-0.39, 0.29) is 5.75 Å². The highest BCUT2D eigenvalue weighted by Crippen LogP contribution is 2.34. The molecule has 0 aliphatic carbocycles. The number of fused-ring (bicyclic) bond motifs is 1. The molecule has 0 fully saturated rings. The maximum absolute atomic E-state index is 12.5. The predicted octanol–water partition coefficient (Wildman–Crippen LogP) is 4.39. The third-order valence-electron chi connectivity index (χ3n) is 5.00. The molecular formula is C25H24N2O6. The maximum Gasteiger partial charge on any atom is 0.414 e. The lowest BCUT2D eigenvalue weighted by molar-refractivity contribution is -0.124. The molecule has 33 heavy (non-hydrogen) atoms. The number of rotatable bonds is 8. The highest BCUT2D eigenvalue weighted by molar-refractivity contribution is 6.03. The average molecular weight is 448 g/mol. The van der Waals surface area contributed by atoms with Gasteiger partial charge < -0.3 is 9.84 Å². The zero-order chi connectivity index (χ0) is 23.6. The minimum absolute atomic E-state index is 0.106. The third-order valence-corrected chi connectivity index (χ3v) is 5.00. The number of alkyl carbamates (subject to hydrolysis) is 1. The number of nitrogens with one attached hydrogen (secondary N) is 2. The number of carbonyl (C=O) groups is 3. The molecule has 0 radical (unpaired) electrons. The van der Waals surface area contributed by atoms with Crippen LogP contribution >= 0.6 is 0 Å². The molecular weight excluding hydrogens is 424 g/mol. The number of imide groups is 1. The molecule has 3 amide bonds. The Morgan fingerprint density at radius 3 is 2.36 bits per heavy atom. The van der Waals surface area contributed by atoms with Gasteiger partial charge in [-0.15, -0.1) is 0 Å². The number of carbonyl (C=O) groups excluding carboxylic acids is 3. The van der Waals surface area contributed by atoms with Gasteiger partial charge in [0.1, 0.15) is 11.9 Å². The molecule has 0 unspecified atom stereocenters. The van der Waals surface area contributed by atoms with Gasteiger partial charge in [0, 0.05) is 22.6 Å². The van der Waals surface area contributed by atoms with Crippen LogP contribution in [-0.4, -0.2) is 28.2 Å². The summed E-state index contributed by atoms with van der Waals surface area (Å²) in [7, 11) is 0. The van der Waals surface area contributed by atoms with E-state index in [0.29, 0.717) is 35.8 Å². The van der Waals surface area contributed by atoms with Crippen LogP contribution in [0.5, 0.6) is 5.75 Å². The molecule has 0 spiro atoms. The second kappa shape index (κ2) is 11.4. The van der Waals surface area contributed by atoms with Gasteiger partial charge in [-0.1, -0.05) is 54.6 Å². The van der Waals surface area contributed by atoms with E-state index in [9.17, 15) is 19.5 Å². The van der Waals surface area contributed by atoms with E-state index in [2.05, 4.69) is 5.32 Å². The number of ether oxygens (including phenoxy) is 1. The molecule has 3 rings (SSSR count). The van der Waals surface area contributed by atoms with Crippen molar-refractivity contribution in [3.63, 3.8) is 0 Å². The van der Waals surface area contributed by atoms with Crippen LogP contribution in [0.3, 0.4) is 0 Å². The van der Waals surface area contributed by atoms with Crippen molar-refractivity contribution in [2.45, 2.75) is 25.4 Å². The highest BCUT2D eigenvalue weighted by atomic mass is 16.6. The SMILES string of the molecule is O=C(/C=C/CCC[C@H](OC(=O)NC(=O)c1ccccc1)c1ccc(O)c2ccccc12)NO. The normalized spacial score (nSPS) is 11.8. The van der Waals surface area contributed by atoms with E-state index in [4.69, 9.17) is 9.94 Å². The Morgan fingerprint density at radius 2 is 1.64 bits per heavy atom. The van der Waals surface area contributed by atoms with Crippen molar-refractivity contribution in [3.05, 3.63) is 90.0 Å². The van der Waals surface area contributed by atoms with E-state index >= 15 is 0 Å². The summed E-state index contributed by atoms with van der Waals surface area (Å²) in [5, 5.41) is 22.3. The van der Waals surface area contributed by atoms with Crippen LogP contribution in [-0.2, 0) is 9.53 Å². The van der Waals surface area contributed by atoms with Crippen LogP contribution in [0.1, 0.15) is 41.3 Å². The second-order valence-electron chi connectivity index (χ2n) is 7.24. The summed E-state index contributed by atoms with van der Waals surface area (Å²) < 4.78 is 5.63. The lowest BCUT2D eigenvalue weighted by Crippen LogP contribution is -2.32. The number of aromatic hydroxyl groups is 1. The van der Waals surface area contributed by atoms with Crippen LogP contribution in [0.25, 0.3) is 10.8 Å². The summed E-state index contributed by atoms with van der Waals surface area (Å²) in [6, 6.07) is 18.7. The molecule has 0 heterocycles. The quantitative estimate of drug-likeness (QED) is 0.175. The first-order chi connectivity index (χ1) is 16.0. The average Bonchev–Trinajstić information content (AvgIpc) is 2.84. The number of unbranched alkanes of at least 4 members (excludes halogenated alkanes) is 1. The van der Waals surface area contributed by atoms with Crippen LogP contribution < -0.4 is 10.8 Å². The number of benzene rings is 3. The Hall–Kier alpha value is -4.17. The number of phenols is 1. The molecule has 0 aliphatic heterocycles. The maximum atomic E-state index is 12.5. The molecule has 3 aromatic rings. The molecule has 0 bridgehead atoms. The first kappa shape index (κ1) is 23.5. The van der Waals surface area contributed by atoms with Crippen molar-refractivity contribution in [2.75, 3.05) is 0 Å². The Morgan fingerprint density at radius 1 is 0.939 bits per heavy atom. The van der Waals surface area contributed by atoms with Crippen molar-refractivity contribution >= 4 is 28.7 Å². The predicted molar refractivity (Wildman–Crippen MR) is 122 cm³/mol. The van der Waals surface area contributed by atoms with Gasteiger partial charge in [-0.05, 0) is 42.8 Å². The van der Waals surface area contributed by atoms with Gasteiger partial charge in [-0.3, -0.25) is 20.1 Å². The molecule has 4 N–H and O–H groups in total. The summed E-state index contributed by atoms with van der Waals surface area (Å²) in [6.07, 6.45) is 2.64. The van der Waals surface area contributed by atoms with Crippen molar-refractivity contribution in [1.82, 2.24) is 10.8 Å². The summed E-state index contributed by atoms with van der Waals surface area (Å²) in [4.78, 5) is 35.9. The number of amides is 3. The molecule has 8 nitrogen and oxygen atoms in total. The smallest absolute Gasteiger partial charge is 0.414 e. The van der Waals surface area contributed by atoms with Crippen molar-refractivity contribution in [2.24, 2.45) is 0 Å². The zero-order valence-electron chi connectivity index (χ0n) is 17.7. The van der Waals surface area contributed by atoms with E-state index in [1.165, 1.54) is 17.6 Å². The molecule has 0 aliphatic rings. The molecule has 1 atom stereocenters. The molecule has 3 aromatic carbocycles. The molecule has 170 valence electrons. The Kier molecular flexibility index (Phi) is 8.15. The number of hydroxylamine groups is 1. The molecule has 8 heteroatoms. The van der Waals surface area contributed by atoms with Crippen LogP contribution in [0.15, 0.2) is 78.9 Å². The van der Waals surface area contributed by atoms with Gasteiger partial charge in [-0.2, -0.15) is 0 Å². The molecule has 0 saturated heterocycles. The molecule has 0 saturated carbocycles. The minimum atomic E-state index is -0.888. The summed E-state index contributed by atoms with van der Waals surface area (Å²) in [5.74, 6) is -1.10. The van der Waals surface area contributed by atoms with Gasteiger partial charge in [-0.25, -0.2) is 10.3 Å². The Bertz CT molecular complexity index is 1160. The van der Waals surface area contributed by atoms with Gasteiger partial charge in [0.25, 0.3) is 11.8 Å². The van der Waals surface area contributed by atoms with Gasteiger partial charge >= 0.3 is 6.09 Å². The Balaban J connectivity index is 1.78. The lowest BCUT2D eigenvalue weighted by Gasteiger charge is -2.20. The fourth-order valence-corrected chi connectivity index (χ4v) is 3.43. The molecule has 0 aromatic heterocycles. The van der Waals surface area contributed by atoms with E-state index < -0.39 is 24.0 Å². The van der Waals surface area contributed by atoms with Gasteiger partial charge in [0.05, 0.1) is 0 Å². The fraction of sp³-hybridized carbons (Fsp3) is 0.160. The number of hydrogen-bond acceptors (Lipinski definition) is 6. The van der Waals surface area contributed by atoms with Gasteiger partial charge in [0.2, 0.25) is 0 Å². The van der Waals surface area contributed by atoms with E-state index in [1.807, 2.05) is 12.1 Å². The lowest BCUT2D eigenvalue weighted by atomic mass is 9.96. The summed E-state index contributed by atoms with van der Waals surface area (Å²) in [5.41, 5.74) is 2.53. The summed E-state index contributed by atoms with van der Waals surface area (Å²) >= 11 is 0. The Labute approximate surface area is 190 Å². The number of phenolic OH excluding ortho intramolecular Hbond substituents is 1. The van der Waals surface area contributed by atoms with Crippen molar-refractivity contribution in [1.29, 1.82) is 0 Å². The first-order valence-corrected chi connectivity index (χ1v) is 10.4. The fourth-order valence-electron chi connectivity index (χ4n) is 3.43. The number of allylic oxidation sites excluding steroid dienone is 1. The summed E-state index contributed by atoms with van der Waals surface area (Å²) in [6.45, 7) is 0. The first-order valence-electron chi connectivity index (χ1n) is 10.4. The monoisotopic (exact) mass is 448 g/mol. The van der Waals surface area contributed by atoms with Crippen molar-refractivity contribution < 1.29 is 29.4 Å². The standard InChI is InChI=1S/C25H24N2O6/c28-21-16-15-20(18-11-7-8-12-19(18)21)22(13-5-2-6-14-23(29)27-32)33-25(31)26-24(30)17-9-3-1-4-10-17/h1,3-4,6-12,14-16,22,28,32H,2,5,13H2,(H,27,29)(H,26,30,31)/b14-6+/t22-/m0/s1. The van der Waals surface area contributed by atoms with Crippen LogP contribution in [0, 0.1) is 0 Å². The topological polar surface area (TPSA) is 125 Å². The zero-order valence-corrected chi connectivity index (χ0v) is 17.7. The second-order valence-corrected chi connectivity index (χ2v) is 7.24. The van der Waals surface area contributed by atoms with Crippen molar-refractivity contribution in [3.8, 4) is 5.75 Å². The van der Waals surface area contributed by atoms with E-state index in [0.717, 1.165) is 5.39 Å². The van der Waals surface area contributed by atoms with Crippen LogP contribution in [0.4, 0.5) is 4.79 Å². The number of hydrogen-bond donors (Lipinski definition) is 4. The van der Waals surface area contributed by atoms with E-state index in [1.54, 1.807) is 54.6 Å². The van der Waals surface area contributed by atoms with Crippen LogP contribution in [0.2, 0.25) is 0 Å². The third kappa shape index (κ3) is 6.41. The minimum Gasteiger partial charge on any atom is -0.507 e. The van der Waals surface area contributed by atoms with Gasteiger partial charge in [0.15, 0.2) is 0 Å².